The molecule has 2 aromatic carbocycles. The second kappa shape index (κ2) is 6.73. The number of nitro benzene ring substituents is 1. The third-order valence-electron chi connectivity index (χ3n) is 4.45. The van der Waals surface area contributed by atoms with Crippen LogP contribution in [0.3, 0.4) is 0 Å². The van der Waals surface area contributed by atoms with Gasteiger partial charge in [0.15, 0.2) is 5.82 Å². The van der Waals surface area contributed by atoms with Gasteiger partial charge in [0.05, 0.1) is 28.3 Å². The van der Waals surface area contributed by atoms with Crippen LogP contribution >= 0.6 is 0 Å². The summed E-state index contributed by atoms with van der Waals surface area (Å²) in [4.78, 5) is 27.9. The molecule has 140 valence electrons. The number of fused-ring (bicyclic) bond motifs is 3. The number of rotatable bonds is 4. The van der Waals surface area contributed by atoms with Crippen molar-refractivity contribution < 1.29 is 14.5 Å². The third-order valence-corrected chi connectivity index (χ3v) is 4.45. The van der Waals surface area contributed by atoms with Crippen molar-refractivity contribution >= 4 is 28.1 Å². The fraction of sp³-hybridized carbons (Fsp3) is 0.150. The molecule has 0 saturated heterocycles. The predicted octanol–water partition coefficient (Wildman–Crippen LogP) is 3.94. The molecule has 2 aromatic heterocycles. The molecule has 4 rings (SSSR count). The van der Waals surface area contributed by atoms with Crippen molar-refractivity contribution in [1.29, 1.82) is 0 Å². The van der Waals surface area contributed by atoms with E-state index in [1.54, 1.807) is 30.5 Å². The summed E-state index contributed by atoms with van der Waals surface area (Å²) in [5.74, 6) is -0.0609. The molecule has 4 aromatic rings. The highest BCUT2D eigenvalue weighted by atomic mass is 16.6. The molecule has 0 bridgehead atoms. The summed E-state index contributed by atoms with van der Waals surface area (Å²) in [7, 11) is 0. The van der Waals surface area contributed by atoms with E-state index in [-0.39, 0.29) is 12.3 Å². The SMILES string of the molecule is CCOC(=O)c1c(C)nc(-c2cccc([N+](=O)[O-])c2)n2nc3ccccc3c12. The van der Waals surface area contributed by atoms with Crippen LogP contribution in [0.15, 0.2) is 48.5 Å². The molecule has 0 aliphatic heterocycles. The first-order valence-corrected chi connectivity index (χ1v) is 8.71. The lowest BCUT2D eigenvalue weighted by atomic mass is 10.1. The van der Waals surface area contributed by atoms with Gasteiger partial charge < -0.3 is 4.74 Å². The van der Waals surface area contributed by atoms with Crippen LogP contribution in [0.25, 0.3) is 27.8 Å². The van der Waals surface area contributed by atoms with Crippen LogP contribution in [0.2, 0.25) is 0 Å². The number of benzene rings is 2. The van der Waals surface area contributed by atoms with Crippen molar-refractivity contribution in [3.05, 3.63) is 69.9 Å². The van der Waals surface area contributed by atoms with E-state index in [2.05, 4.69) is 10.1 Å². The number of esters is 1. The molecule has 0 saturated carbocycles. The van der Waals surface area contributed by atoms with Crippen LogP contribution in [0.4, 0.5) is 5.69 Å². The molecule has 0 atom stereocenters. The minimum absolute atomic E-state index is 0.0451. The molecule has 0 radical (unpaired) electrons. The van der Waals surface area contributed by atoms with E-state index in [1.165, 1.54) is 12.1 Å². The van der Waals surface area contributed by atoms with Gasteiger partial charge in [-0.05, 0) is 19.9 Å². The van der Waals surface area contributed by atoms with Gasteiger partial charge in [0.2, 0.25) is 0 Å². The molecule has 0 N–H and O–H groups in total. The zero-order valence-electron chi connectivity index (χ0n) is 15.2. The zero-order chi connectivity index (χ0) is 19.8. The Morgan fingerprint density at radius 3 is 2.75 bits per heavy atom. The highest BCUT2D eigenvalue weighted by molar-refractivity contribution is 6.08. The summed E-state index contributed by atoms with van der Waals surface area (Å²) >= 11 is 0. The predicted molar refractivity (Wildman–Crippen MR) is 103 cm³/mol. The third kappa shape index (κ3) is 2.75. The molecular formula is C20H16N4O4. The summed E-state index contributed by atoms with van der Waals surface area (Å²) in [5, 5.41) is 16.5. The first-order chi connectivity index (χ1) is 13.5. The van der Waals surface area contributed by atoms with E-state index in [0.29, 0.717) is 33.7 Å². The van der Waals surface area contributed by atoms with Crippen molar-refractivity contribution in [2.75, 3.05) is 6.61 Å². The number of carbonyl (C=O) groups excluding carboxylic acids is 1. The van der Waals surface area contributed by atoms with Crippen molar-refractivity contribution in [2.24, 2.45) is 0 Å². The monoisotopic (exact) mass is 376 g/mol. The van der Waals surface area contributed by atoms with Crippen molar-refractivity contribution in [3.8, 4) is 11.4 Å². The number of aryl methyl sites for hydroxylation is 1. The minimum atomic E-state index is -0.478. The summed E-state index contributed by atoms with van der Waals surface area (Å²) in [6.07, 6.45) is 0. The topological polar surface area (TPSA) is 99.6 Å². The fourth-order valence-corrected chi connectivity index (χ4v) is 3.25. The van der Waals surface area contributed by atoms with Gasteiger partial charge in [0, 0.05) is 23.1 Å². The number of ether oxygens (including phenoxy) is 1. The lowest BCUT2D eigenvalue weighted by molar-refractivity contribution is -0.384. The van der Waals surface area contributed by atoms with Crippen LogP contribution < -0.4 is 0 Å². The Morgan fingerprint density at radius 1 is 1.21 bits per heavy atom. The lowest BCUT2D eigenvalue weighted by Gasteiger charge is -2.11. The van der Waals surface area contributed by atoms with Crippen LogP contribution in [-0.2, 0) is 4.74 Å². The zero-order valence-corrected chi connectivity index (χ0v) is 15.2. The van der Waals surface area contributed by atoms with Gasteiger partial charge in [0.25, 0.3) is 5.69 Å². The molecule has 0 amide bonds. The number of aromatic nitrogens is 3. The van der Waals surface area contributed by atoms with E-state index in [9.17, 15) is 14.9 Å². The normalized spacial score (nSPS) is 11.1. The minimum Gasteiger partial charge on any atom is -0.462 e. The van der Waals surface area contributed by atoms with Gasteiger partial charge in [-0.1, -0.05) is 30.3 Å². The highest BCUT2D eigenvalue weighted by Crippen LogP contribution is 2.30. The van der Waals surface area contributed by atoms with Crippen LogP contribution in [0, 0.1) is 17.0 Å². The Bertz CT molecular complexity index is 1250. The summed E-state index contributed by atoms with van der Waals surface area (Å²) < 4.78 is 6.78. The fourth-order valence-electron chi connectivity index (χ4n) is 3.25. The van der Waals surface area contributed by atoms with Crippen LogP contribution in [-0.4, -0.2) is 32.1 Å². The van der Waals surface area contributed by atoms with Crippen LogP contribution in [0.1, 0.15) is 23.0 Å². The second-order valence-electron chi connectivity index (χ2n) is 6.20. The molecule has 0 spiro atoms. The molecule has 2 heterocycles. The first kappa shape index (κ1) is 17.6. The lowest BCUT2D eigenvalue weighted by Crippen LogP contribution is -2.12. The van der Waals surface area contributed by atoms with Gasteiger partial charge in [-0.15, -0.1) is 0 Å². The Balaban J connectivity index is 2.10. The van der Waals surface area contributed by atoms with Crippen molar-refractivity contribution in [3.63, 3.8) is 0 Å². The number of carbonyl (C=O) groups is 1. The van der Waals surface area contributed by atoms with Gasteiger partial charge >= 0.3 is 5.97 Å². The van der Waals surface area contributed by atoms with E-state index in [0.717, 1.165) is 5.39 Å². The maximum atomic E-state index is 12.6. The van der Waals surface area contributed by atoms with Gasteiger partial charge in [-0.2, -0.15) is 5.10 Å². The summed E-state index contributed by atoms with van der Waals surface area (Å²) in [6, 6.07) is 13.6. The Kier molecular flexibility index (Phi) is 4.23. The van der Waals surface area contributed by atoms with E-state index >= 15 is 0 Å². The van der Waals surface area contributed by atoms with Crippen molar-refractivity contribution in [1.82, 2.24) is 14.6 Å². The number of nitro groups is 1. The van der Waals surface area contributed by atoms with E-state index < -0.39 is 10.9 Å². The molecule has 0 aliphatic carbocycles. The summed E-state index contributed by atoms with van der Waals surface area (Å²) in [5.41, 5.74) is 2.56. The average Bonchev–Trinajstić information content (AvgIpc) is 3.07. The number of hydrogen-bond acceptors (Lipinski definition) is 6. The van der Waals surface area contributed by atoms with E-state index in [1.807, 2.05) is 24.3 Å². The average molecular weight is 376 g/mol. The molecular weight excluding hydrogens is 360 g/mol. The molecule has 0 aliphatic rings. The largest absolute Gasteiger partial charge is 0.462 e. The number of hydrogen-bond donors (Lipinski definition) is 0. The molecule has 0 fully saturated rings. The number of non-ortho nitro benzene ring substituents is 1. The second-order valence-corrected chi connectivity index (χ2v) is 6.20. The van der Waals surface area contributed by atoms with Gasteiger partial charge in [-0.25, -0.2) is 14.3 Å². The van der Waals surface area contributed by atoms with Gasteiger partial charge in [0.1, 0.15) is 5.56 Å². The molecule has 28 heavy (non-hydrogen) atoms. The molecule has 8 heteroatoms. The van der Waals surface area contributed by atoms with Crippen LogP contribution in [0.5, 0.6) is 0 Å². The van der Waals surface area contributed by atoms with Crippen molar-refractivity contribution in [2.45, 2.75) is 13.8 Å². The maximum Gasteiger partial charge on any atom is 0.342 e. The standard InChI is InChI=1S/C20H16N4O4/c1-3-28-20(25)17-12(2)21-19(13-7-6-8-14(11-13)24(26)27)23-18(17)15-9-4-5-10-16(15)22-23/h4-11H,3H2,1-2H3. The first-order valence-electron chi connectivity index (χ1n) is 8.71. The number of nitrogens with zero attached hydrogens (tertiary/aromatic N) is 4. The Morgan fingerprint density at radius 2 is 2.00 bits per heavy atom. The Hall–Kier alpha value is -3.81. The Labute approximate surface area is 159 Å². The van der Waals surface area contributed by atoms with Gasteiger partial charge in [-0.3, -0.25) is 10.1 Å². The smallest absolute Gasteiger partial charge is 0.342 e. The summed E-state index contributed by atoms with van der Waals surface area (Å²) in [6.45, 7) is 3.70. The highest BCUT2D eigenvalue weighted by Gasteiger charge is 2.23. The quantitative estimate of drug-likeness (QED) is 0.304. The molecule has 8 nitrogen and oxygen atoms in total. The molecule has 0 unspecified atom stereocenters. The maximum absolute atomic E-state index is 12.6. The van der Waals surface area contributed by atoms with E-state index in [4.69, 9.17) is 4.74 Å².